The maximum absolute atomic E-state index is 9.60. The van der Waals surface area contributed by atoms with E-state index in [-0.39, 0.29) is 0 Å². The molecular weight excluding hydrogens is 479 g/mol. The highest BCUT2D eigenvalue weighted by Gasteiger charge is 2.35. The van der Waals surface area contributed by atoms with Crippen LogP contribution in [0.2, 0.25) is 0 Å². The van der Waals surface area contributed by atoms with Gasteiger partial charge in [-0.25, -0.2) is 0 Å². The molecule has 2 aliphatic heterocycles. The Morgan fingerprint density at radius 2 is 1.38 bits per heavy atom. The standard InChI is InChI=1S/C31H36BClN2O2/c33-19-14-29(24-4-2-1-3-5-24)30(25-6-10-27(11-7-25)32(36)37)26-8-12-28(13-9-26)35-22-17-31(18-23-35)15-20-34-21-16-31/h1-13,34,36-37H,14-23H2/b30-29-. The maximum Gasteiger partial charge on any atom is 0.488 e. The Hall–Kier alpha value is -2.57. The van der Waals surface area contributed by atoms with Gasteiger partial charge in [-0.1, -0.05) is 66.7 Å². The first-order valence-corrected chi connectivity index (χ1v) is 14.0. The van der Waals surface area contributed by atoms with Gasteiger partial charge in [0.2, 0.25) is 0 Å². The summed E-state index contributed by atoms with van der Waals surface area (Å²) in [4.78, 5) is 2.54. The zero-order valence-corrected chi connectivity index (χ0v) is 22.1. The number of hydrogen-bond acceptors (Lipinski definition) is 4. The van der Waals surface area contributed by atoms with Crippen molar-refractivity contribution in [3.63, 3.8) is 0 Å². The highest BCUT2D eigenvalue weighted by Crippen LogP contribution is 2.41. The van der Waals surface area contributed by atoms with Crippen LogP contribution in [-0.2, 0) is 0 Å². The number of rotatable bonds is 7. The summed E-state index contributed by atoms with van der Waals surface area (Å²) in [6.07, 6.45) is 5.90. The van der Waals surface area contributed by atoms with Gasteiger partial charge in [0, 0.05) is 24.7 Å². The number of halogens is 1. The van der Waals surface area contributed by atoms with Crippen LogP contribution in [0.5, 0.6) is 0 Å². The van der Waals surface area contributed by atoms with Crippen LogP contribution in [0.4, 0.5) is 5.69 Å². The van der Waals surface area contributed by atoms with Crippen molar-refractivity contribution < 1.29 is 10.0 Å². The molecule has 2 saturated heterocycles. The third kappa shape index (κ3) is 5.96. The first-order valence-electron chi connectivity index (χ1n) is 13.5. The minimum Gasteiger partial charge on any atom is -0.423 e. The van der Waals surface area contributed by atoms with Gasteiger partial charge in [0.25, 0.3) is 0 Å². The summed E-state index contributed by atoms with van der Waals surface area (Å²) in [6, 6.07) is 26.9. The normalized spacial score (nSPS) is 18.0. The first-order chi connectivity index (χ1) is 18.1. The molecule has 3 N–H and O–H groups in total. The monoisotopic (exact) mass is 514 g/mol. The van der Waals surface area contributed by atoms with Gasteiger partial charge in [-0.2, -0.15) is 0 Å². The van der Waals surface area contributed by atoms with E-state index in [1.807, 2.05) is 18.2 Å². The third-order valence-electron chi connectivity index (χ3n) is 8.28. The van der Waals surface area contributed by atoms with Crippen LogP contribution < -0.4 is 15.7 Å². The molecule has 2 fully saturated rings. The van der Waals surface area contributed by atoms with Crippen molar-refractivity contribution in [2.75, 3.05) is 37.0 Å². The van der Waals surface area contributed by atoms with Crippen LogP contribution in [0.25, 0.3) is 11.1 Å². The second-order valence-electron chi connectivity index (χ2n) is 10.4. The van der Waals surface area contributed by atoms with Crippen LogP contribution in [0.3, 0.4) is 0 Å². The van der Waals surface area contributed by atoms with E-state index in [0.717, 1.165) is 54.9 Å². The van der Waals surface area contributed by atoms with Crippen molar-refractivity contribution in [3.8, 4) is 0 Å². The fourth-order valence-electron chi connectivity index (χ4n) is 6.02. The fraction of sp³-hybridized carbons (Fsp3) is 0.355. The molecule has 0 atom stereocenters. The minimum atomic E-state index is -1.48. The third-order valence-corrected chi connectivity index (χ3v) is 8.46. The van der Waals surface area contributed by atoms with E-state index in [1.54, 1.807) is 12.1 Å². The van der Waals surface area contributed by atoms with E-state index in [4.69, 9.17) is 11.6 Å². The van der Waals surface area contributed by atoms with Gasteiger partial charge in [-0.15, -0.1) is 11.6 Å². The van der Waals surface area contributed by atoms with Crippen molar-refractivity contribution in [2.45, 2.75) is 32.1 Å². The Bertz CT molecular complexity index is 1180. The molecular formula is C31H36BClN2O2. The molecule has 0 aromatic heterocycles. The van der Waals surface area contributed by atoms with Gasteiger partial charge in [-0.3, -0.25) is 0 Å². The summed E-state index contributed by atoms with van der Waals surface area (Å²) in [6.45, 7) is 4.56. The average molecular weight is 515 g/mol. The highest BCUT2D eigenvalue weighted by molar-refractivity contribution is 6.58. The Balaban J connectivity index is 1.47. The smallest absolute Gasteiger partial charge is 0.423 e. The highest BCUT2D eigenvalue weighted by atomic mass is 35.5. The van der Waals surface area contributed by atoms with Crippen LogP contribution in [0.1, 0.15) is 48.8 Å². The van der Waals surface area contributed by atoms with Gasteiger partial charge in [-0.05, 0) is 96.0 Å². The predicted octanol–water partition coefficient (Wildman–Crippen LogP) is 4.92. The Morgan fingerprint density at radius 1 is 0.784 bits per heavy atom. The van der Waals surface area contributed by atoms with Crippen molar-refractivity contribution in [2.24, 2.45) is 5.41 Å². The molecule has 2 aliphatic rings. The number of nitrogens with one attached hydrogen (secondary N) is 1. The fourth-order valence-corrected chi connectivity index (χ4v) is 6.21. The van der Waals surface area contributed by atoms with Crippen LogP contribution in [0, 0.1) is 5.41 Å². The van der Waals surface area contributed by atoms with E-state index in [1.165, 1.54) is 36.9 Å². The SMILES string of the molecule is OB(O)c1ccc(/C(=C(\CCCl)c2ccccc2)c2ccc(N3CCC4(CCNCC4)CC3)cc2)cc1. The number of anilines is 1. The molecule has 0 amide bonds. The molecule has 0 saturated carbocycles. The summed E-state index contributed by atoms with van der Waals surface area (Å²) in [7, 11) is -1.48. The maximum atomic E-state index is 9.60. The number of benzene rings is 3. The number of hydrogen-bond donors (Lipinski definition) is 3. The van der Waals surface area contributed by atoms with Gasteiger partial charge in [0.05, 0.1) is 0 Å². The second kappa shape index (κ2) is 11.9. The average Bonchev–Trinajstić information content (AvgIpc) is 2.95. The van der Waals surface area contributed by atoms with Crippen molar-refractivity contribution in [1.29, 1.82) is 0 Å². The predicted molar refractivity (Wildman–Crippen MR) is 156 cm³/mol. The lowest BCUT2D eigenvalue weighted by molar-refractivity contribution is 0.155. The molecule has 0 bridgehead atoms. The summed E-state index contributed by atoms with van der Waals surface area (Å²) in [5.41, 5.74) is 7.94. The molecule has 1 spiro atoms. The number of nitrogens with zero attached hydrogens (tertiary/aromatic N) is 1. The van der Waals surface area contributed by atoms with Crippen molar-refractivity contribution in [1.82, 2.24) is 5.32 Å². The van der Waals surface area contributed by atoms with Gasteiger partial charge in [0.15, 0.2) is 0 Å². The molecule has 3 aromatic carbocycles. The van der Waals surface area contributed by atoms with E-state index >= 15 is 0 Å². The molecule has 0 aliphatic carbocycles. The topological polar surface area (TPSA) is 55.7 Å². The van der Waals surface area contributed by atoms with Crippen LogP contribution >= 0.6 is 11.6 Å². The Kier molecular flexibility index (Phi) is 8.36. The zero-order chi connectivity index (χ0) is 25.7. The molecule has 3 aromatic rings. The van der Waals surface area contributed by atoms with Crippen LogP contribution in [-0.4, -0.2) is 49.2 Å². The van der Waals surface area contributed by atoms with Crippen molar-refractivity contribution >= 4 is 41.0 Å². The van der Waals surface area contributed by atoms with Gasteiger partial charge in [0.1, 0.15) is 0 Å². The number of piperidine rings is 2. The first kappa shape index (κ1) is 26.1. The quantitative estimate of drug-likeness (QED) is 0.238. The summed E-state index contributed by atoms with van der Waals surface area (Å²) in [5.74, 6) is 0.518. The van der Waals surface area contributed by atoms with Crippen molar-refractivity contribution in [3.05, 3.63) is 95.6 Å². The minimum absolute atomic E-state index is 0.480. The Labute approximate surface area is 226 Å². The molecule has 5 rings (SSSR count). The summed E-state index contributed by atoms with van der Waals surface area (Å²) >= 11 is 6.31. The Morgan fingerprint density at radius 3 is 1.95 bits per heavy atom. The lowest BCUT2D eigenvalue weighted by atomic mass is 9.71. The molecule has 6 heteroatoms. The number of alkyl halides is 1. The second-order valence-corrected chi connectivity index (χ2v) is 10.8. The lowest BCUT2D eigenvalue weighted by Crippen LogP contribution is -2.45. The van der Waals surface area contributed by atoms with E-state index < -0.39 is 7.12 Å². The summed E-state index contributed by atoms with van der Waals surface area (Å²) < 4.78 is 0. The van der Waals surface area contributed by atoms with Gasteiger partial charge >= 0.3 is 7.12 Å². The van der Waals surface area contributed by atoms with E-state index in [2.05, 4.69) is 58.7 Å². The number of allylic oxidation sites excluding steroid dienone is 1. The van der Waals surface area contributed by atoms with E-state index in [0.29, 0.717) is 16.8 Å². The molecule has 37 heavy (non-hydrogen) atoms. The van der Waals surface area contributed by atoms with E-state index in [9.17, 15) is 10.0 Å². The molecule has 0 radical (unpaired) electrons. The molecule has 0 unspecified atom stereocenters. The van der Waals surface area contributed by atoms with Gasteiger partial charge < -0.3 is 20.3 Å². The van der Waals surface area contributed by atoms with Crippen LogP contribution in [0.15, 0.2) is 78.9 Å². The molecule has 4 nitrogen and oxygen atoms in total. The zero-order valence-electron chi connectivity index (χ0n) is 21.4. The summed E-state index contributed by atoms with van der Waals surface area (Å²) in [5, 5.41) is 22.7. The molecule has 192 valence electrons. The lowest BCUT2D eigenvalue weighted by Gasteiger charge is -2.45. The largest absolute Gasteiger partial charge is 0.488 e. The molecule has 2 heterocycles.